The highest BCUT2D eigenvalue weighted by Gasteiger charge is 2.16. The molecule has 0 fully saturated rings. The number of hydrogen-bond donors (Lipinski definition) is 1. The minimum Gasteiger partial charge on any atom is -0.481 e. The Morgan fingerprint density at radius 1 is 1.14 bits per heavy atom. The number of carboxylic acids is 1. The molecule has 0 aliphatic rings. The molecule has 28 heavy (non-hydrogen) atoms. The molecule has 1 aromatic heterocycles. The van der Waals surface area contributed by atoms with Crippen molar-refractivity contribution in [3.05, 3.63) is 63.9 Å². The summed E-state index contributed by atoms with van der Waals surface area (Å²) in [6, 6.07) is 12.8. The van der Waals surface area contributed by atoms with Gasteiger partial charge in [-0.15, -0.1) is 0 Å². The van der Waals surface area contributed by atoms with Crippen LogP contribution in [0.5, 0.6) is 5.75 Å². The molecule has 1 N–H and O–H groups in total. The van der Waals surface area contributed by atoms with Crippen LogP contribution < -0.4 is 4.74 Å². The third kappa shape index (κ3) is 5.26. The number of rotatable bonds is 8. The van der Waals surface area contributed by atoms with Gasteiger partial charge in [-0.05, 0) is 36.2 Å². The van der Waals surface area contributed by atoms with Gasteiger partial charge in [0.1, 0.15) is 11.5 Å². The SMILES string of the molecule is CC(=O)Cc1ccc(Cc2noc(-c3cc(Br)ccc3OCC(=O)O)n2)cc1. The number of aliphatic carboxylic acids is 1. The molecule has 0 aliphatic heterocycles. The molecule has 0 radical (unpaired) electrons. The Labute approximate surface area is 169 Å². The molecule has 1 heterocycles. The molecule has 0 spiro atoms. The van der Waals surface area contributed by atoms with Gasteiger partial charge in [0.2, 0.25) is 0 Å². The van der Waals surface area contributed by atoms with E-state index >= 15 is 0 Å². The second kappa shape index (κ2) is 8.79. The van der Waals surface area contributed by atoms with E-state index in [1.807, 2.05) is 24.3 Å². The molecule has 8 heteroatoms. The summed E-state index contributed by atoms with van der Waals surface area (Å²) in [7, 11) is 0. The Hall–Kier alpha value is -3.00. The van der Waals surface area contributed by atoms with Crippen LogP contribution in [0.15, 0.2) is 51.5 Å². The fourth-order valence-electron chi connectivity index (χ4n) is 2.61. The number of hydrogen-bond acceptors (Lipinski definition) is 6. The van der Waals surface area contributed by atoms with Gasteiger partial charge >= 0.3 is 5.97 Å². The predicted octanol–water partition coefficient (Wildman–Crippen LogP) is 3.68. The van der Waals surface area contributed by atoms with Crippen LogP contribution in [0.3, 0.4) is 0 Å². The summed E-state index contributed by atoms with van der Waals surface area (Å²) in [4.78, 5) is 26.4. The maximum absolute atomic E-state index is 11.2. The lowest BCUT2D eigenvalue weighted by atomic mass is 10.1. The Balaban J connectivity index is 1.77. The number of ketones is 1. The molecule has 2 aromatic carbocycles. The summed E-state index contributed by atoms with van der Waals surface area (Å²) in [5.74, 6) is 0.108. The van der Waals surface area contributed by atoms with Crippen LogP contribution in [-0.2, 0) is 22.4 Å². The van der Waals surface area contributed by atoms with Crippen molar-refractivity contribution in [1.29, 1.82) is 0 Å². The second-order valence-electron chi connectivity index (χ2n) is 6.21. The molecule has 0 saturated heterocycles. The summed E-state index contributed by atoms with van der Waals surface area (Å²) >= 11 is 3.37. The molecule has 144 valence electrons. The molecular weight excluding hydrogens is 428 g/mol. The number of ether oxygens (including phenoxy) is 1. The van der Waals surface area contributed by atoms with E-state index in [4.69, 9.17) is 14.4 Å². The van der Waals surface area contributed by atoms with Crippen LogP contribution in [0, 0.1) is 0 Å². The zero-order valence-electron chi connectivity index (χ0n) is 15.0. The van der Waals surface area contributed by atoms with E-state index < -0.39 is 12.6 Å². The standard InChI is InChI=1S/C20H17BrN2O5/c1-12(24)8-13-2-4-14(5-3-13)9-18-22-20(28-23-18)16-10-15(21)6-7-17(16)27-11-19(25)26/h2-7,10H,8-9,11H2,1H3,(H,25,26). The third-order valence-corrected chi connectivity index (χ3v) is 4.32. The van der Waals surface area contributed by atoms with Crippen LogP contribution in [0.1, 0.15) is 23.9 Å². The summed E-state index contributed by atoms with van der Waals surface area (Å²) in [6.07, 6.45) is 0.873. The first kappa shape index (κ1) is 19.8. The van der Waals surface area contributed by atoms with Gasteiger partial charge in [0.05, 0.1) is 5.56 Å². The molecule has 0 unspecified atom stereocenters. The van der Waals surface area contributed by atoms with Gasteiger partial charge < -0.3 is 14.4 Å². The van der Waals surface area contributed by atoms with Crippen LogP contribution in [-0.4, -0.2) is 33.6 Å². The molecule has 0 bridgehead atoms. The molecular formula is C20H17BrN2O5. The summed E-state index contributed by atoms with van der Waals surface area (Å²) in [5.41, 5.74) is 2.45. The summed E-state index contributed by atoms with van der Waals surface area (Å²) in [6.45, 7) is 1.09. The monoisotopic (exact) mass is 444 g/mol. The molecule has 7 nitrogen and oxygen atoms in total. The van der Waals surface area contributed by atoms with Crippen molar-refractivity contribution in [2.75, 3.05) is 6.61 Å². The van der Waals surface area contributed by atoms with E-state index in [1.165, 1.54) is 0 Å². The first-order valence-electron chi connectivity index (χ1n) is 8.45. The number of carboxylic acid groups (broad SMARTS) is 1. The molecule has 3 aromatic rings. The van der Waals surface area contributed by atoms with E-state index in [0.717, 1.165) is 15.6 Å². The number of benzene rings is 2. The predicted molar refractivity (Wildman–Crippen MR) is 104 cm³/mol. The number of carbonyl (C=O) groups is 2. The Morgan fingerprint density at radius 2 is 1.86 bits per heavy atom. The lowest BCUT2D eigenvalue weighted by Crippen LogP contribution is -2.10. The van der Waals surface area contributed by atoms with Gasteiger partial charge in [0, 0.05) is 17.3 Å². The highest BCUT2D eigenvalue weighted by Crippen LogP contribution is 2.32. The highest BCUT2D eigenvalue weighted by atomic mass is 79.9. The van der Waals surface area contributed by atoms with E-state index in [1.54, 1.807) is 25.1 Å². The Morgan fingerprint density at radius 3 is 2.54 bits per heavy atom. The van der Waals surface area contributed by atoms with Crippen LogP contribution >= 0.6 is 15.9 Å². The van der Waals surface area contributed by atoms with E-state index in [0.29, 0.717) is 30.0 Å². The molecule has 0 aliphatic carbocycles. The van der Waals surface area contributed by atoms with Crippen LogP contribution in [0.25, 0.3) is 11.5 Å². The van der Waals surface area contributed by atoms with Gasteiger partial charge in [0.15, 0.2) is 12.4 Å². The second-order valence-corrected chi connectivity index (χ2v) is 7.13. The fraction of sp³-hybridized carbons (Fsp3) is 0.200. The maximum Gasteiger partial charge on any atom is 0.341 e. The van der Waals surface area contributed by atoms with Crippen molar-refractivity contribution in [3.8, 4) is 17.2 Å². The van der Waals surface area contributed by atoms with Crippen molar-refractivity contribution in [2.45, 2.75) is 19.8 Å². The zero-order chi connectivity index (χ0) is 20.1. The normalized spacial score (nSPS) is 10.6. The van der Waals surface area contributed by atoms with Gasteiger partial charge in [-0.1, -0.05) is 45.4 Å². The smallest absolute Gasteiger partial charge is 0.341 e. The minimum absolute atomic E-state index is 0.116. The first-order valence-corrected chi connectivity index (χ1v) is 9.24. The quantitative estimate of drug-likeness (QED) is 0.564. The fourth-order valence-corrected chi connectivity index (χ4v) is 2.98. The van der Waals surface area contributed by atoms with E-state index in [-0.39, 0.29) is 11.7 Å². The van der Waals surface area contributed by atoms with Gasteiger partial charge in [-0.2, -0.15) is 4.98 Å². The summed E-state index contributed by atoms with van der Waals surface area (Å²) in [5, 5.41) is 12.8. The largest absolute Gasteiger partial charge is 0.481 e. The van der Waals surface area contributed by atoms with Crippen LogP contribution in [0.4, 0.5) is 0 Å². The maximum atomic E-state index is 11.2. The van der Waals surface area contributed by atoms with Crippen molar-refractivity contribution in [2.24, 2.45) is 0 Å². The topological polar surface area (TPSA) is 103 Å². The van der Waals surface area contributed by atoms with Gasteiger partial charge in [0.25, 0.3) is 5.89 Å². The Kier molecular flexibility index (Phi) is 6.20. The number of aromatic nitrogens is 2. The van der Waals surface area contributed by atoms with Crippen molar-refractivity contribution < 1.29 is 24.0 Å². The first-order chi connectivity index (χ1) is 13.4. The number of carbonyl (C=O) groups excluding carboxylic acids is 1. The lowest BCUT2D eigenvalue weighted by molar-refractivity contribution is -0.139. The van der Waals surface area contributed by atoms with Crippen molar-refractivity contribution in [3.63, 3.8) is 0 Å². The van der Waals surface area contributed by atoms with Crippen molar-refractivity contribution >= 4 is 27.7 Å². The van der Waals surface area contributed by atoms with E-state index in [9.17, 15) is 9.59 Å². The molecule has 0 saturated carbocycles. The molecule has 0 amide bonds. The number of Topliss-reactive ketones (excluding diaryl/α,β-unsaturated/α-hetero) is 1. The summed E-state index contributed by atoms with van der Waals surface area (Å²) < 4.78 is 11.4. The zero-order valence-corrected chi connectivity index (χ0v) is 16.6. The van der Waals surface area contributed by atoms with Gasteiger partial charge in [-0.3, -0.25) is 4.79 Å². The average molecular weight is 445 g/mol. The number of nitrogens with zero attached hydrogens (tertiary/aromatic N) is 2. The van der Waals surface area contributed by atoms with Gasteiger partial charge in [-0.25, -0.2) is 4.79 Å². The lowest BCUT2D eigenvalue weighted by Gasteiger charge is -2.07. The Bertz CT molecular complexity index is 998. The number of halogens is 1. The highest BCUT2D eigenvalue weighted by molar-refractivity contribution is 9.10. The van der Waals surface area contributed by atoms with E-state index in [2.05, 4.69) is 26.1 Å². The van der Waals surface area contributed by atoms with Crippen molar-refractivity contribution in [1.82, 2.24) is 10.1 Å². The minimum atomic E-state index is -1.08. The van der Waals surface area contributed by atoms with Crippen LogP contribution in [0.2, 0.25) is 0 Å². The molecule has 0 atom stereocenters. The average Bonchev–Trinajstić information content (AvgIpc) is 3.10. The molecule has 3 rings (SSSR count). The third-order valence-electron chi connectivity index (χ3n) is 3.83.